The molecular weight excluding hydrogens is 348 g/mol. The van der Waals surface area contributed by atoms with Gasteiger partial charge in [-0.15, -0.1) is 11.3 Å². The molecule has 2 aromatic rings. The molecule has 114 valence electrons. The van der Waals surface area contributed by atoms with Crippen molar-refractivity contribution in [2.45, 2.75) is 6.42 Å². The van der Waals surface area contributed by atoms with Gasteiger partial charge in [0, 0.05) is 16.3 Å². The van der Waals surface area contributed by atoms with Crippen molar-refractivity contribution < 1.29 is 4.79 Å². The maximum Gasteiger partial charge on any atom is 0.261 e. The highest BCUT2D eigenvalue weighted by Crippen LogP contribution is 2.41. The van der Waals surface area contributed by atoms with Gasteiger partial charge in [-0.3, -0.25) is 4.79 Å². The minimum absolute atomic E-state index is 0.122. The van der Waals surface area contributed by atoms with E-state index in [-0.39, 0.29) is 11.8 Å². The first-order valence-electron chi connectivity index (χ1n) is 7.06. The summed E-state index contributed by atoms with van der Waals surface area (Å²) in [7, 11) is 0. The average Bonchev–Trinajstić information content (AvgIpc) is 3.18. The minimum atomic E-state index is -0.326. The number of amidine groups is 1. The van der Waals surface area contributed by atoms with Gasteiger partial charge in [0.25, 0.3) is 5.91 Å². The van der Waals surface area contributed by atoms with Crippen molar-refractivity contribution in [1.82, 2.24) is 0 Å². The fourth-order valence-corrected chi connectivity index (χ4v) is 4.58. The van der Waals surface area contributed by atoms with Crippen molar-refractivity contribution >= 4 is 57.1 Å². The highest BCUT2D eigenvalue weighted by molar-refractivity contribution is 8.17. The largest absolute Gasteiger partial charge is 0.271 e. The Labute approximate surface area is 146 Å². The van der Waals surface area contributed by atoms with Crippen LogP contribution < -0.4 is 0 Å². The molecule has 0 saturated carbocycles. The van der Waals surface area contributed by atoms with E-state index < -0.39 is 0 Å². The number of rotatable bonds is 3. The van der Waals surface area contributed by atoms with Crippen LogP contribution in [0.2, 0.25) is 5.02 Å². The molecule has 0 saturated heterocycles. The number of fused-ring (bicyclic) bond motifs is 1. The Kier molecular flexibility index (Phi) is 3.93. The van der Waals surface area contributed by atoms with E-state index in [0.29, 0.717) is 17.3 Å². The van der Waals surface area contributed by atoms with Crippen LogP contribution in [0.15, 0.2) is 57.2 Å². The van der Waals surface area contributed by atoms with Crippen molar-refractivity contribution in [1.29, 1.82) is 0 Å². The first-order valence-corrected chi connectivity index (χ1v) is 9.19. The first kappa shape index (κ1) is 14.9. The Morgan fingerprint density at radius 2 is 1.96 bits per heavy atom. The van der Waals surface area contributed by atoms with Crippen LogP contribution in [0.1, 0.15) is 10.4 Å². The van der Waals surface area contributed by atoms with Gasteiger partial charge in [0.2, 0.25) is 0 Å². The highest BCUT2D eigenvalue weighted by atomic mass is 35.5. The monoisotopic (exact) mass is 358 g/mol. The Bertz CT molecular complexity index is 851. The number of hydrogen-bond acceptors (Lipinski definition) is 4. The lowest BCUT2D eigenvalue weighted by Crippen LogP contribution is -2.25. The molecule has 1 atom stereocenters. The Hall–Kier alpha value is -1.69. The summed E-state index contributed by atoms with van der Waals surface area (Å²) in [6, 6.07) is 11.5. The van der Waals surface area contributed by atoms with E-state index in [1.165, 1.54) is 11.8 Å². The van der Waals surface area contributed by atoms with Crippen molar-refractivity contribution in [3.63, 3.8) is 0 Å². The van der Waals surface area contributed by atoms with Crippen molar-refractivity contribution in [3.8, 4) is 0 Å². The summed E-state index contributed by atoms with van der Waals surface area (Å²) in [5.74, 6) is 0.119. The molecule has 0 fully saturated rings. The predicted molar refractivity (Wildman–Crippen MR) is 98.4 cm³/mol. The zero-order valence-electron chi connectivity index (χ0n) is 11.9. The lowest BCUT2D eigenvalue weighted by molar-refractivity contribution is -0.118. The molecule has 1 aromatic heterocycles. The summed E-state index contributed by atoms with van der Waals surface area (Å²) >= 11 is 9.05. The Balaban J connectivity index is 1.58. The average molecular weight is 359 g/mol. The van der Waals surface area contributed by atoms with Gasteiger partial charge in [-0.05, 0) is 40.1 Å². The molecule has 23 heavy (non-hydrogen) atoms. The van der Waals surface area contributed by atoms with Crippen LogP contribution in [0.4, 0.5) is 0 Å². The van der Waals surface area contributed by atoms with Crippen LogP contribution in [-0.2, 0) is 11.2 Å². The van der Waals surface area contributed by atoms with Crippen molar-refractivity contribution in [2.75, 3.05) is 0 Å². The third kappa shape index (κ3) is 2.92. The standard InChI is InChI=1S/C17H11ClN2OS2/c18-11-5-3-10(4-6-11)8-14-19-16(21)15-12(9-23-17(15)20-14)13-2-1-7-22-13/h1-7,9,15H,8H2. The number of thioether (sulfide) groups is 1. The molecule has 6 heteroatoms. The second kappa shape index (κ2) is 6.07. The summed E-state index contributed by atoms with van der Waals surface area (Å²) in [4.78, 5) is 22.4. The molecule has 0 spiro atoms. The number of benzene rings is 1. The topological polar surface area (TPSA) is 41.8 Å². The van der Waals surface area contributed by atoms with Gasteiger partial charge < -0.3 is 0 Å². The number of carbonyl (C=O) groups is 1. The third-order valence-corrected chi connectivity index (χ3v) is 5.78. The van der Waals surface area contributed by atoms with E-state index >= 15 is 0 Å². The van der Waals surface area contributed by atoms with Crippen LogP contribution in [0, 0.1) is 5.92 Å². The molecule has 4 rings (SSSR count). The first-order chi connectivity index (χ1) is 11.2. The minimum Gasteiger partial charge on any atom is -0.271 e. The molecule has 3 nitrogen and oxygen atoms in total. The zero-order chi connectivity index (χ0) is 15.8. The number of halogens is 1. The lowest BCUT2D eigenvalue weighted by atomic mass is 9.98. The summed E-state index contributed by atoms with van der Waals surface area (Å²) in [5.41, 5.74) is 2.06. The quantitative estimate of drug-likeness (QED) is 0.799. The van der Waals surface area contributed by atoms with Crippen LogP contribution in [0.25, 0.3) is 5.57 Å². The molecule has 0 N–H and O–H groups in total. The molecule has 0 radical (unpaired) electrons. The molecule has 1 unspecified atom stereocenters. The number of thiophene rings is 1. The van der Waals surface area contributed by atoms with Gasteiger partial charge in [-0.25, -0.2) is 4.99 Å². The zero-order valence-corrected chi connectivity index (χ0v) is 14.3. The van der Waals surface area contributed by atoms with E-state index in [4.69, 9.17) is 11.6 Å². The summed E-state index contributed by atoms with van der Waals surface area (Å²) in [6.45, 7) is 0. The number of aliphatic imine (C=N–C) groups is 2. The van der Waals surface area contributed by atoms with E-state index in [9.17, 15) is 4.79 Å². The van der Waals surface area contributed by atoms with Crippen LogP contribution in [0.3, 0.4) is 0 Å². The van der Waals surface area contributed by atoms with Crippen molar-refractivity contribution in [2.24, 2.45) is 15.9 Å². The molecule has 2 aliphatic rings. The maximum absolute atomic E-state index is 12.5. The molecular formula is C17H11ClN2OS2. The van der Waals surface area contributed by atoms with Gasteiger partial charge >= 0.3 is 0 Å². The predicted octanol–water partition coefficient (Wildman–Crippen LogP) is 4.69. The summed E-state index contributed by atoms with van der Waals surface area (Å²) in [6.07, 6.45) is 0.536. The molecule has 0 bridgehead atoms. The van der Waals surface area contributed by atoms with Gasteiger partial charge in [-0.2, -0.15) is 4.99 Å². The van der Waals surface area contributed by atoms with E-state index in [1.54, 1.807) is 11.3 Å². The normalized spacial score (nSPS) is 20.0. The van der Waals surface area contributed by atoms with Gasteiger partial charge in [0.15, 0.2) is 0 Å². The van der Waals surface area contributed by atoms with Gasteiger partial charge in [0.1, 0.15) is 11.8 Å². The molecule has 1 aromatic carbocycles. The van der Waals surface area contributed by atoms with Crippen LogP contribution >= 0.6 is 34.7 Å². The fourth-order valence-electron chi connectivity index (χ4n) is 2.57. The molecule has 3 heterocycles. The summed E-state index contributed by atoms with van der Waals surface area (Å²) < 4.78 is 0. The van der Waals surface area contributed by atoms with Gasteiger partial charge in [0.05, 0.1) is 5.04 Å². The SMILES string of the molecule is O=C1N=C(Cc2ccc(Cl)cc2)N=C2SC=C(c3cccs3)C12. The van der Waals surface area contributed by atoms with Crippen LogP contribution in [-0.4, -0.2) is 16.8 Å². The molecule has 0 aliphatic carbocycles. The highest BCUT2D eigenvalue weighted by Gasteiger charge is 2.37. The number of hydrogen-bond donors (Lipinski definition) is 0. The van der Waals surface area contributed by atoms with E-state index in [2.05, 4.69) is 9.98 Å². The maximum atomic E-state index is 12.5. The smallest absolute Gasteiger partial charge is 0.261 e. The lowest BCUT2D eigenvalue weighted by Gasteiger charge is -2.16. The molecule has 1 amide bonds. The van der Waals surface area contributed by atoms with Crippen molar-refractivity contribution in [3.05, 3.63) is 62.6 Å². The number of carbonyl (C=O) groups excluding carboxylic acids is 1. The molecule has 2 aliphatic heterocycles. The van der Waals surface area contributed by atoms with E-state index in [1.807, 2.05) is 47.2 Å². The number of amides is 1. The fraction of sp³-hybridized carbons (Fsp3) is 0.118. The summed E-state index contributed by atoms with van der Waals surface area (Å²) in [5, 5.41) is 5.56. The second-order valence-corrected chi connectivity index (χ2v) is 7.49. The Morgan fingerprint density at radius 1 is 1.13 bits per heavy atom. The Morgan fingerprint density at radius 3 is 2.70 bits per heavy atom. The number of nitrogens with zero attached hydrogens (tertiary/aromatic N) is 2. The van der Waals surface area contributed by atoms with E-state index in [0.717, 1.165) is 21.1 Å². The second-order valence-electron chi connectivity index (χ2n) is 5.22. The van der Waals surface area contributed by atoms with Crippen LogP contribution in [0.5, 0.6) is 0 Å². The third-order valence-electron chi connectivity index (χ3n) is 3.67. The van der Waals surface area contributed by atoms with Gasteiger partial charge in [-0.1, -0.05) is 41.6 Å².